The molecule has 0 heterocycles. The van der Waals surface area contributed by atoms with Crippen LogP contribution in [0.4, 0.5) is 0 Å². The number of amides is 1. The van der Waals surface area contributed by atoms with Crippen LogP contribution in [0.15, 0.2) is 18.2 Å². The van der Waals surface area contributed by atoms with E-state index in [1.54, 1.807) is 0 Å². The number of carboxylic acid groups (broad SMARTS) is 1. The number of halogens is 1. The van der Waals surface area contributed by atoms with Gasteiger partial charge in [-0.3, -0.25) is 9.59 Å². The molecule has 0 radical (unpaired) electrons. The van der Waals surface area contributed by atoms with E-state index in [-0.39, 0.29) is 16.3 Å². The Bertz CT molecular complexity index is 532. The Morgan fingerprint density at radius 3 is 2.65 bits per heavy atom. The SMILES string of the molecule is O=C(NC1CCCCC1C(=O)O)c1cc(O)ccc1Cl. The second kappa shape index (κ2) is 6.13. The molecule has 2 rings (SSSR count). The molecule has 1 fully saturated rings. The molecule has 1 amide bonds. The van der Waals surface area contributed by atoms with Crippen LogP contribution in [0.1, 0.15) is 36.0 Å². The number of carbonyl (C=O) groups excluding carboxylic acids is 1. The van der Waals surface area contributed by atoms with Gasteiger partial charge >= 0.3 is 5.97 Å². The minimum Gasteiger partial charge on any atom is -0.508 e. The quantitative estimate of drug-likeness (QED) is 0.799. The summed E-state index contributed by atoms with van der Waals surface area (Å²) in [5, 5.41) is 21.5. The lowest BCUT2D eigenvalue weighted by atomic mass is 9.84. The first-order valence-electron chi connectivity index (χ1n) is 6.51. The van der Waals surface area contributed by atoms with E-state index in [0.717, 1.165) is 12.8 Å². The van der Waals surface area contributed by atoms with Gasteiger partial charge in [0, 0.05) is 6.04 Å². The lowest BCUT2D eigenvalue weighted by molar-refractivity contribution is -0.143. The van der Waals surface area contributed by atoms with Gasteiger partial charge in [-0.25, -0.2) is 0 Å². The topological polar surface area (TPSA) is 86.6 Å². The molecule has 20 heavy (non-hydrogen) atoms. The van der Waals surface area contributed by atoms with Crippen LogP contribution in [-0.4, -0.2) is 28.1 Å². The van der Waals surface area contributed by atoms with E-state index in [9.17, 15) is 19.8 Å². The van der Waals surface area contributed by atoms with Crippen LogP contribution >= 0.6 is 11.6 Å². The minimum absolute atomic E-state index is 0.0574. The average Bonchev–Trinajstić information content (AvgIpc) is 2.41. The Hall–Kier alpha value is -1.75. The Kier molecular flexibility index (Phi) is 4.49. The fourth-order valence-corrected chi connectivity index (χ4v) is 2.74. The summed E-state index contributed by atoms with van der Waals surface area (Å²) >= 11 is 5.92. The Balaban J connectivity index is 2.13. The number of aromatic hydroxyl groups is 1. The predicted octanol–water partition coefficient (Wildman–Crippen LogP) is 2.42. The Labute approximate surface area is 121 Å². The smallest absolute Gasteiger partial charge is 0.308 e. The third-order valence-electron chi connectivity index (χ3n) is 3.59. The van der Waals surface area contributed by atoms with Crippen molar-refractivity contribution in [3.63, 3.8) is 0 Å². The number of rotatable bonds is 3. The molecule has 108 valence electrons. The standard InChI is InChI=1S/C14H16ClNO4/c15-11-6-5-8(17)7-10(11)13(18)16-12-4-2-1-3-9(12)14(19)20/h5-7,9,12,17H,1-4H2,(H,16,18)(H,19,20). The maximum atomic E-state index is 12.2. The van der Waals surface area contributed by atoms with Crippen molar-refractivity contribution >= 4 is 23.5 Å². The second-order valence-corrected chi connectivity index (χ2v) is 5.38. The molecule has 2 unspecified atom stereocenters. The van der Waals surface area contributed by atoms with Crippen LogP contribution in [0.25, 0.3) is 0 Å². The lowest BCUT2D eigenvalue weighted by Gasteiger charge is -2.29. The molecule has 5 nitrogen and oxygen atoms in total. The molecule has 6 heteroatoms. The molecule has 1 aliphatic rings. The summed E-state index contributed by atoms with van der Waals surface area (Å²) in [4.78, 5) is 23.3. The highest BCUT2D eigenvalue weighted by Crippen LogP contribution is 2.26. The van der Waals surface area contributed by atoms with Gasteiger partial charge in [0.2, 0.25) is 0 Å². The average molecular weight is 298 g/mol. The van der Waals surface area contributed by atoms with Crippen LogP contribution in [0.3, 0.4) is 0 Å². The maximum absolute atomic E-state index is 12.2. The molecule has 1 aromatic rings. The summed E-state index contributed by atoms with van der Waals surface area (Å²) < 4.78 is 0. The molecule has 3 N–H and O–H groups in total. The number of hydrogen-bond acceptors (Lipinski definition) is 3. The molecule has 2 atom stereocenters. The van der Waals surface area contributed by atoms with Crippen LogP contribution in [0, 0.1) is 5.92 Å². The van der Waals surface area contributed by atoms with Crippen LogP contribution < -0.4 is 5.32 Å². The van der Waals surface area contributed by atoms with Crippen LogP contribution in [0.2, 0.25) is 5.02 Å². The zero-order chi connectivity index (χ0) is 14.7. The molecular weight excluding hydrogens is 282 g/mol. The summed E-state index contributed by atoms with van der Waals surface area (Å²) in [6, 6.07) is 3.70. The molecule has 0 aromatic heterocycles. The van der Waals surface area contributed by atoms with E-state index in [2.05, 4.69) is 5.32 Å². The highest BCUT2D eigenvalue weighted by atomic mass is 35.5. The lowest BCUT2D eigenvalue weighted by Crippen LogP contribution is -2.45. The van der Waals surface area contributed by atoms with Crippen molar-refractivity contribution in [3.8, 4) is 5.75 Å². The molecule has 0 saturated heterocycles. The molecule has 0 bridgehead atoms. The molecular formula is C14H16ClNO4. The number of phenols is 1. The van der Waals surface area contributed by atoms with Gasteiger partial charge in [-0.05, 0) is 31.0 Å². The van der Waals surface area contributed by atoms with Crippen molar-refractivity contribution in [3.05, 3.63) is 28.8 Å². The Morgan fingerprint density at radius 1 is 1.25 bits per heavy atom. The number of aliphatic carboxylic acids is 1. The summed E-state index contributed by atoms with van der Waals surface area (Å²) in [6.45, 7) is 0. The summed E-state index contributed by atoms with van der Waals surface area (Å²) in [5.41, 5.74) is 0.154. The molecule has 1 aliphatic carbocycles. The second-order valence-electron chi connectivity index (χ2n) is 4.97. The van der Waals surface area contributed by atoms with Crippen LogP contribution in [-0.2, 0) is 4.79 Å². The van der Waals surface area contributed by atoms with E-state index in [4.69, 9.17) is 11.6 Å². The van der Waals surface area contributed by atoms with Gasteiger partial charge in [-0.1, -0.05) is 24.4 Å². The molecule has 1 aromatic carbocycles. The van der Waals surface area contributed by atoms with E-state index in [0.29, 0.717) is 12.8 Å². The van der Waals surface area contributed by atoms with Gasteiger partial charge in [-0.15, -0.1) is 0 Å². The van der Waals surface area contributed by atoms with Gasteiger partial charge in [-0.2, -0.15) is 0 Å². The first-order valence-corrected chi connectivity index (χ1v) is 6.89. The monoisotopic (exact) mass is 297 g/mol. The zero-order valence-corrected chi connectivity index (χ0v) is 11.6. The number of hydrogen-bond donors (Lipinski definition) is 3. The third-order valence-corrected chi connectivity index (χ3v) is 3.92. The van der Waals surface area contributed by atoms with Crippen molar-refractivity contribution < 1.29 is 19.8 Å². The van der Waals surface area contributed by atoms with Crippen molar-refractivity contribution in [1.82, 2.24) is 5.32 Å². The molecule has 0 aliphatic heterocycles. The maximum Gasteiger partial charge on any atom is 0.308 e. The Morgan fingerprint density at radius 2 is 1.95 bits per heavy atom. The summed E-state index contributed by atoms with van der Waals surface area (Å²) in [5.74, 6) is -1.97. The van der Waals surface area contributed by atoms with E-state index < -0.39 is 23.8 Å². The number of carboxylic acids is 1. The van der Waals surface area contributed by atoms with Crippen LogP contribution in [0.5, 0.6) is 5.75 Å². The van der Waals surface area contributed by atoms with Gasteiger partial charge in [0.05, 0.1) is 16.5 Å². The highest BCUT2D eigenvalue weighted by Gasteiger charge is 2.32. The fourth-order valence-electron chi connectivity index (χ4n) is 2.53. The third kappa shape index (κ3) is 3.22. The van der Waals surface area contributed by atoms with E-state index in [1.807, 2.05) is 0 Å². The van der Waals surface area contributed by atoms with Crippen molar-refractivity contribution in [2.45, 2.75) is 31.7 Å². The van der Waals surface area contributed by atoms with E-state index >= 15 is 0 Å². The first kappa shape index (κ1) is 14.7. The number of benzene rings is 1. The summed E-state index contributed by atoms with van der Waals surface area (Å²) in [6.07, 6.45) is 2.95. The predicted molar refractivity (Wildman–Crippen MR) is 74.0 cm³/mol. The molecule has 1 saturated carbocycles. The largest absolute Gasteiger partial charge is 0.508 e. The minimum atomic E-state index is -0.892. The van der Waals surface area contributed by atoms with Crippen molar-refractivity contribution in [1.29, 1.82) is 0 Å². The van der Waals surface area contributed by atoms with Gasteiger partial charge < -0.3 is 15.5 Å². The van der Waals surface area contributed by atoms with Gasteiger partial charge in [0.15, 0.2) is 0 Å². The molecule has 0 spiro atoms. The zero-order valence-electron chi connectivity index (χ0n) is 10.8. The fraction of sp³-hybridized carbons (Fsp3) is 0.429. The number of carbonyl (C=O) groups is 2. The van der Waals surface area contributed by atoms with Crippen molar-refractivity contribution in [2.24, 2.45) is 5.92 Å². The summed E-state index contributed by atoms with van der Waals surface area (Å²) in [7, 11) is 0. The highest BCUT2D eigenvalue weighted by molar-refractivity contribution is 6.33. The number of nitrogens with one attached hydrogen (secondary N) is 1. The first-order chi connectivity index (χ1) is 9.49. The van der Waals surface area contributed by atoms with Gasteiger partial charge in [0.1, 0.15) is 5.75 Å². The number of phenolic OH excluding ortho intramolecular Hbond substituents is 1. The van der Waals surface area contributed by atoms with Gasteiger partial charge in [0.25, 0.3) is 5.91 Å². The van der Waals surface area contributed by atoms with Crippen molar-refractivity contribution in [2.75, 3.05) is 0 Å². The normalized spacial score (nSPS) is 22.2. The van der Waals surface area contributed by atoms with E-state index in [1.165, 1.54) is 18.2 Å².